The highest BCUT2D eigenvalue weighted by molar-refractivity contribution is 5.77. The van der Waals surface area contributed by atoms with Gasteiger partial charge in [-0.25, -0.2) is 4.98 Å². The van der Waals surface area contributed by atoms with Crippen molar-refractivity contribution in [3.05, 3.63) is 54.1 Å². The predicted molar refractivity (Wildman–Crippen MR) is 72.3 cm³/mol. The van der Waals surface area contributed by atoms with Gasteiger partial charge in [-0.3, -0.25) is 4.79 Å². The molecule has 1 heterocycles. The van der Waals surface area contributed by atoms with Crippen molar-refractivity contribution in [2.24, 2.45) is 5.73 Å². The first kappa shape index (κ1) is 11.5. The van der Waals surface area contributed by atoms with E-state index >= 15 is 0 Å². The van der Waals surface area contributed by atoms with Gasteiger partial charge >= 0.3 is 0 Å². The molecular weight excluding hydrogens is 240 g/mol. The monoisotopic (exact) mass is 252 g/mol. The maximum atomic E-state index is 10.8. The molecule has 4 heteroatoms. The molecule has 1 amide bonds. The van der Waals surface area contributed by atoms with Gasteiger partial charge in [0, 0.05) is 5.56 Å². The fraction of sp³-hybridized carbons (Fsp3) is 0.0667. The molecular formula is C15H12N2O2. The van der Waals surface area contributed by atoms with Gasteiger partial charge in [-0.2, -0.15) is 0 Å². The largest absolute Gasteiger partial charge is 0.436 e. The summed E-state index contributed by atoms with van der Waals surface area (Å²) >= 11 is 0. The van der Waals surface area contributed by atoms with Gasteiger partial charge in [-0.1, -0.05) is 24.3 Å². The molecule has 2 N–H and O–H groups in total. The lowest BCUT2D eigenvalue weighted by Gasteiger charge is -1.99. The first-order chi connectivity index (χ1) is 9.22. The molecule has 0 bridgehead atoms. The lowest BCUT2D eigenvalue weighted by Crippen LogP contribution is -2.13. The second-order valence-electron chi connectivity index (χ2n) is 4.33. The van der Waals surface area contributed by atoms with Gasteiger partial charge in [0.15, 0.2) is 5.58 Å². The highest BCUT2D eigenvalue weighted by atomic mass is 16.3. The number of carbonyl (C=O) groups is 1. The van der Waals surface area contributed by atoms with E-state index in [1.165, 1.54) is 0 Å². The molecule has 0 aliphatic rings. The number of carbonyl (C=O) groups excluding carboxylic acids is 1. The van der Waals surface area contributed by atoms with E-state index in [9.17, 15) is 4.79 Å². The summed E-state index contributed by atoms with van der Waals surface area (Å²) < 4.78 is 5.67. The first-order valence-corrected chi connectivity index (χ1v) is 5.95. The molecule has 0 unspecified atom stereocenters. The first-order valence-electron chi connectivity index (χ1n) is 5.95. The van der Waals surface area contributed by atoms with E-state index in [0.29, 0.717) is 5.89 Å². The average molecular weight is 252 g/mol. The number of nitrogens with two attached hydrogens (primary N) is 1. The SMILES string of the molecule is NC(=O)Cc1ccc(-c2nc3ccccc3o2)cc1. The minimum atomic E-state index is -0.338. The minimum absolute atomic E-state index is 0.244. The zero-order chi connectivity index (χ0) is 13.2. The topological polar surface area (TPSA) is 69.1 Å². The van der Waals surface area contributed by atoms with Crippen molar-refractivity contribution in [2.45, 2.75) is 6.42 Å². The number of oxazole rings is 1. The third-order valence-corrected chi connectivity index (χ3v) is 2.87. The summed E-state index contributed by atoms with van der Waals surface area (Å²) in [6.45, 7) is 0. The van der Waals surface area contributed by atoms with E-state index in [1.54, 1.807) is 0 Å². The lowest BCUT2D eigenvalue weighted by atomic mass is 10.1. The van der Waals surface area contributed by atoms with E-state index in [1.807, 2.05) is 48.5 Å². The molecule has 19 heavy (non-hydrogen) atoms. The van der Waals surface area contributed by atoms with Crippen LogP contribution in [0, 0.1) is 0 Å². The van der Waals surface area contributed by atoms with Crippen molar-refractivity contribution < 1.29 is 9.21 Å². The molecule has 1 aromatic heterocycles. The second kappa shape index (κ2) is 4.57. The smallest absolute Gasteiger partial charge is 0.227 e. The summed E-state index contributed by atoms with van der Waals surface area (Å²) in [5, 5.41) is 0. The van der Waals surface area contributed by atoms with Gasteiger partial charge in [0.05, 0.1) is 6.42 Å². The van der Waals surface area contributed by atoms with Crippen LogP contribution in [0.25, 0.3) is 22.6 Å². The van der Waals surface area contributed by atoms with Crippen LogP contribution in [0.2, 0.25) is 0 Å². The van der Waals surface area contributed by atoms with Gasteiger partial charge in [0.1, 0.15) is 5.52 Å². The number of benzene rings is 2. The van der Waals surface area contributed by atoms with Crippen LogP contribution in [0.1, 0.15) is 5.56 Å². The highest BCUT2D eigenvalue weighted by Gasteiger charge is 2.07. The molecule has 0 atom stereocenters. The molecule has 0 aliphatic heterocycles. The third-order valence-electron chi connectivity index (χ3n) is 2.87. The van der Waals surface area contributed by atoms with Crippen LogP contribution in [-0.2, 0) is 11.2 Å². The van der Waals surface area contributed by atoms with Gasteiger partial charge in [0.25, 0.3) is 0 Å². The summed E-state index contributed by atoms with van der Waals surface area (Å²) in [7, 11) is 0. The number of rotatable bonds is 3. The van der Waals surface area contributed by atoms with Crippen molar-refractivity contribution in [3.63, 3.8) is 0 Å². The molecule has 4 nitrogen and oxygen atoms in total. The van der Waals surface area contributed by atoms with E-state index < -0.39 is 0 Å². The van der Waals surface area contributed by atoms with Crippen LogP contribution in [0.15, 0.2) is 52.9 Å². The quantitative estimate of drug-likeness (QED) is 0.778. The Morgan fingerprint density at radius 3 is 2.53 bits per heavy atom. The fourth-order valence-corrected chi connectivity index (χ4v) is 1.96. The Balaban J connectivity index is 1.95. The number of fused-ring (bicyclic) bond motifs is 1. The molecule has 0 radical (unpaired) electrons. The van der Waals surface area contributed by atoms with E-state index in [0.717, 1.165) is 22.2 Å². The van der Waals surface area contributed by atoms with Crippen LogP contribution in [0.4, 0.5) is 0 Å². The summed E-state index contributed by atoms with van der Waals surface area (Å²) in [6.07, 6.45) is 0.244. The molecule has 0 spiro atoms. The predicted octanol–water partition coefficient (Wildman–Crippen LogP) is 2.52. The summed E-state index contributed by atoms with van der Waals surface area (Å²) in [4.78, 5) is 15.2. The minimum Gasteiger partial charge on any atom is -0.436 e. The van der Waals surface area contributed by atoms with Gasteiger partial charge < -0.3 is 10.2 Å². The molecule has 2 aromatic carbocycles. The maximum absolute atomic E-state index is 10.8. The van der Waals surface area contributed by atoms with E-state index in [2.05, 4.69) is 4.98 Å². The van der Waals surface area contributed by atoms with Crippen LogP contribution >= 0.6 is 0 Å². The van der Waals surface area contributed by atoms with Gasteiger partial charge in [-0.15, -0.1) is 0 Å². The Hall–Kier alpha value is -2.62. The summed E-state index contributed by atoms with van der Waals surface area (Å²) in [5.41, 5.74) is 8.51. The van der Waals surface area contributed by atoms with Crippen molar-refractivity contribution in [3.8, 4) is 11.5 Å². The Kier molecular flexibility index (Phi) is 2.76. The van der Waals surface area contributed by atoms with Crippen molar-refractivity contribution in [2.75, 3.05) is 0 Å². The van der Waals surface area contributed by atoms with Crippen LogP contribution in [0.5, 0.6) is 0 Å². The van der Waals surface area contributed by atoms with E-state index in [4.69, 9.17) is 10.2 Å². The number of aromatic nitrogens is 1. The molecule has 94 valence electrons. The number of nitrogens with zero attached hydrogens (tertiary/aromatic N) is 1. The zero-order valence-corrected chi connectivity index (χ0v) is 10.2. The molecule has 3 rings (SSSR count). The van der Waals surface area contributed by atoms with Gasteiger partial charge in [-0.05, 0) is 29.8 Å². The Bertz CT molecular complexity index is 696. The Labute approximate surface area is 109 Å². The Morgan fingerprint density at radius 2 is 1.84 bits per heavy atom. The number of para-hydroxylation sites is 2. The highest BCUT2D eigenvalue weighted by Crippen LogP contribution is 2.24. The van der Waals surface area contributed by atoms with Crippen LogP contribution in [0.3, 0.4) is 0 Å². The molecule has 3 aromatic rings. The van der Waals surface area contributed by atoms with Crippen molar-refractivity contribution in [1.29, 1.82) is 0 Å². The number of primary amides is 1. The second-order valence-corrected chi connectivity index (χ2v) is 4.33. The molecule has 0 saturated carbocycles. The number of amides is 1. The molecule has 0 saturated heterocycles. The third kappa shape index (κ3) is 2.33. The lowest BCUT2D eigenvalue weighted by molar-refractivity contribution is -0.117. The van der Waals surface area contributed by atoms with Crippen LogP contribution in [-0.4, -0.2) is 10.9 Å². The normalized spacial score (nSPS) is 10.7. The number of hydrogen-bond donors (Lipinski definition) is 1. The summed E-state index contributed by atoms with van der Waals surface area (Å²) in [6, 6.07) is 15.1. The fourth-order valence-electron chi connectivity index (χ4n) is 1.96. The number of hydrogen-bond acceptors (Lipinski definition) is 3. The van der Waals surface area contributed by atoms with Crippen LogP contribution < -0.4 is 5.73 Å². The Morgan fingerprint density at radius 1 is 1.11 bits per heavy atom. The maximum Gasteiger partial charge on any atom is 0.227 e. The standard InChI is InChI=1S/C15H12N2O2/c16-14(18)9-10-5-7-11(8-6-10)15-17-12-3-1-2-4-13(12)19-15/h1-8H,9H2,(H2,16,18). The molecule has 0 aliphatic carbocycles. The molecule has 0 fully saturated rings. The zero-order valence-electron chi connectivity index (χ0n) is 10.2. The van der Waals surface area contributed by atoms with Crippen molar-refractivity contribution in [1.82, 2.24) is 4.98 Å². The summed E-state index contributed by atoms with van der Waals surface area (Å²) in [5.74, 6) is 0.237. The van der Waals surface area contributed by atoms with Gasteiger partial charge in [0.2, 0.25) is 11.8 Å². The average Bonchev–Trinajstić information content (AvgIpc) is 2.82. The van der Waals surface area contributed by atoms with Crippen molar-refractivity contribution >= 4 is 17.0 Å². The van der Waals surface area contributed by atoms with E-state index in [-0.39, 0.29) is 12.3 Å².